The lowest BCUT2D eigenvalue weighted by molar-refractivity contribution is 0.0956. The van der Waals surface area contributed by atoms with Gasteiger partial charge in [-0.25, -0.2) is 9.36 Å². The first-order valence-corrected chi connectivity index (χ1v) is 5.89. The highest BCUT2D eigenvalue weighted by Crippen LogP contribution is 2.16. The van der Waals surface area contributed by atoms with E-state index in [1.54, 1.807) is 36.4 Å². The fourth-order valence-electron chi connectivity index (χ4n) is 2.03. The fraction of sp³-hybridized carbons (Fsp3) is 0.0667. The minimum absolute atomic E-state index is 0.380. The van der Waals surface area contributed by atoms with Gasteiger partial charge in [0.25, 0.3) is 5.91 Å². The van der Waals surface area contributed by atoms with Crippen LogP contribution in [0.1, 0.15) is 15.9 Å². The molecule has 0 bridgehead atoms. The van der Waals surface area contributed by atoms with E-state index in [-0.39, 0.29) is 5.91 Å². The van der Waals surface area contributed by atoms with Gasteiger partial charge in [-0.1, -0.05) is 24.3 Å². The first-order valence-electron chi connectivity index (χ1n) is 5.89. The highest BCUT2D eigenvalue weighted by Gasteiger charge is 2.17. The maximum atomic E-state index is 12.4. The average molecular weight is 253 g/mol. The number of carbonyl (C=O) groups excluding carboxylic acids is 1. The minimum atomic E-state index is -0.658. The monoisotopic (exact) mass is 253 g/mol. The van der Waals surface area contributed by atoms with Gasteiger partial charge in [-0.3, -0.25) is 4.79 Å². The van der Waals surface area contributed by atoms with E-state index in [4.69, 9.17) is 4.42 Å². The Morgan fingerprint density at radius 2 is 1.84 bits per heavy atom. The third-order valence-corrected chi connectivity index (χ3v) is 2.96. The molecule has 0 atom stereocenters. The summed E-state index contributed by atoms with van der Waals surface area (Å²) in [5, 5.41) is 0. The molecule has 0 saturated carbocycles. The van der Waals surface area contributed by atoms with Crippen molar-refractivity contribution in [2.45, 2.75) is 6.92 Å². The van der Waals surface area contributed by atoms with E-state index in [2.05, 4.69) is 0 Å². The van der Waals surface area contributed by atoms with Crippen LogP contribution in [0, 0.1) is 6.92 Å². The molecule has 94 valence electrons. The normalized spacial score (nSPS) is 10.8. The Kier molecular flexibility index (Phi) is 2.56. The standard InChI is InChI=1S/C15H11NO3/c1-10-7-8-13-12(9-10)16(15(18)19-13)14(17)11-5-3-2-4-6-11/h2-9H,1H3. The molecule has 3 rings (SSSR count). The summed E-state index contributed by atoms with van der Waals surface area (Å²) in [5.74, 6) is -1.04. The lowest BCUT2D eigenvalue weighted by atomic mass is 10.2. The Hall–Kier alpha value is -2.62. The van der Waals surface area contributed by atoms with Gasteiger partial charge in [0.05, 0.1) is 5.52 Å². The van der Waals surface area contributed by atoms with Crippen LogP contribution in [0.3, 0.4) is 0 Å². The minimum Gasteiger partial charge on any atom is -0.407 e. The van der Waals surface area contributed by atoms with E-state index in [1.165, 1.54) is 0 Å². The van der Waals surface area contributed by atoms with Gasteiger partial charge in [0, 0.05) is 5.56 Å². The van der Waals surface area contributed by atoms with Crippen molar-refractivity contribution in [2.24, 2.45) is 0 Å². The van der Waals surface area contributed by atoms with Crippen molar-refractivity contribution in [3.05, 3.63) is 70.2 Å². The molecule has 0 N–H and O–H groups in total. The fourth-order valence-corrected chi connectivity index (χ4v) is 2.03. The van der Waals surface area contributed by atoms with Crippen LogP contribution in [-0.2, 0) is 0 Å². The van der Waals surface area contributed by atoms with Crippen molar-refractivity contribution in [3.63, 3.8) is 0 Å². The van der Waals surface area contributed by atoms with Crippen molar-refractivity contribution in [2.75, 3.05) is 0 Å². The number of oxazole rings is 1. The molecule has 4 heteroatoms. The van der Waals surface area contributed by atoms with E-state index in [9.17, 15) is 9.59 Å². The van der Waals surface area contributed by atoms with Crippen LogP contribution in [0.25, 0.3) is 11.1 Å². The highest BCUT2D eigenvalue weighted by atomic mass is 16.4. The third kappa shape index (κ3) is 1.87. The van der Waals surface area contributed by atoms with Crippen molar-refractivity contribution in [1.82, 2.24) is 4.57 Å². The van der Waals surface area contributed by atoms with E-state index < -0.39 is 5.76 Å². The average Bonchev–Trinajstić information content (AvgIpc) is 2.74. The summed E-state index contributed by atoms with van der Waals surface area (Å²) >= 11 is 0. The van der Waals surface area contributed by atoms with Gasteiger partial charge in [-0.05, 0) is 36.8 Å². The maximum absolute atomic E-state index is 12.4. The molecule has 0 fully saturated rings. The molecule has 0 aliphatic rings. The molecule has 0 spiro atoms. The van der Waals surface area contributed by atoms with E-state index in [0.717, 1.165) is 10.1 Å². The number of fused-ring (bicyclic) bond motifs is 1. The zero-order chi connectivity index (χ0) is 13.4. The number of carbonyl (C=O) groups is 1. The van der Waals surface area contributed by atoms with Crippen LogP contribution in [-0.4, -0.2) is 10.5 Å². The molecule has 1 heterocycles. The number of benzene rings is 2. The summed E-state index contributed by atoms with van der Waals surface area (Å²) in [4.78, 5) is 24.2. The highest BCUT2D eigenvalue weighted by molar-refractivity contribution is 6.00. The van der Waals surface area contributed by atoms with Gasteiger partial charge in [0.1, 0.15) is 0 Å². The number of hydrogen-bond acceptors (Lipinski definition) is 3. The zero-order valence-corrected chi connectivity index (χ0v) is 10.3. The molecular weight excluding hydrogens is 242 g/mol. The summed E-state index contributed by atoms with van der Waals surface area (Å²) < 4.78 is 6.15. The molecule has 0 amide bonds. The van der Waals surface area contributed by atoms with Gasteiger partial charge in [0.15, 0.2) is 5.58 Å². The van der Waals surface area contributed by atoms with Crippen LogP contribution < -0.4 is 5.76 Å². The molecular formula is C15H11NO3. The van der Waals surface area contributed by atoms with E-state index >= 15 is 0 Å². The summed E-state index contributed by atoms with van der Waals surface area (Å²) in [7, 11) is 0. The summed E-state index contributed by atoms with van der Waals surface area (Å²) in [5.41, 5.74) is 2.33. The Morgan fingerprint density at radius 1 is 1.11 bits per heavy atom. The molecule has 0 radical (unpaired) electrons. The second kappa shape index (κ2) is 4.24. The molecule has 19 heavy (non-hydrogen) atoms. The first kappa shape index (κ1) is 11.5. The Bertz CT molecular complexity index is 812. The molecule has 1 aromatic heterocycles. The Balaban J connectivity index is 2.25. The second-order valence-electron chi connectivity index (χ2n) is 4.35. The van der Waals surface area contributed by atoms with Crippen LogP contribution in [0.5, 0.6) is 0 Å². The molecule has 4 nitrogen and oxygen atoms in total. The van der Waals surface area contributed by atoms with Crippen molar-refractivity contribution < 1.29 is 9.21 Å². The predicted molar refractivity (Wildman–Crippen MR) is 71.4 cm³/mol. The van der Waals surface area contributed by atoms with Crippen LogP contribution in [0.4, 0.5) is 0 Å². The Labute approximate surface area is 108 Å². The quantitative estimate of drug-likeness (QED) is 0.669. The summed E-state index contributed by atoms with van der Waals surface area (Å²) in [6, 6.07) is 14.0. The lowest BCUT2D eigenvalue weighted by Gasteiger charge is -2.01. The van der Waals surface area contributed by atoms with Crippen molar-refractivity contribution in [3.8, 4) is 0 Å². The number of nitrogens with zero attached hydrogens (tertiary/aromatic N) is 1. The summed E-state index contributed by atoms with van der Waals surface area (Å²) in [6.07, 6.45) is 0. The maximum Gasteiger partial charge on any atom is 0.427 e. The van der Waals surface area contributed by atoms with Crippen molar-refractivity contribution in [1.29, 1.82) is 0 Å². The number of hydrogen-bond donors (Lipinski definition) is 0. The van der Waals surface area contributed by atoms with Crippen LogP contribution in [0.15, 0.2) is 57.7 Å². The smallest absolute Gasteiger partial charge is 0.407 e. The van der Waals surface area contributed by atoms with Crippen molar-refractivity contribution >= 4 is 17.0 Å². The third-order valence-electron chi connectivity index (χ3n) is 2.96. The molecule has 3 aromatic rings. The predicted octanol–water partition coefficient (Wildman–Crippen LogP) is 2.59. The van der Waals surface area contributed by atoms with Gasteiger partial charge in [-0.15, -0.1) is 0 Å². The van der Waals surface area contributed by atoms with Gasteiger partial charge in [-0.2, -0.15) is 0 Å². The topological polar surface area (TPSA) is 52.2 Å². The SMILES string of the molecule is Cc1ccc2oc(=O)n(C(=O)c3ccccc3)c2c1. The number of rotatable bonds is 1. The molecule has 0 aliphatic heterocycles. The molecule has 2 aromatic carbocycles. The van der Waals surface area contributed by atoms with Gasteiger partial charge in [0.2, 0.25) is 0 Å². The number of aromatic nitrogens is 1. The molecule has 0 aliphatic carbocycles. The van der Waals surface area contributed by atoms with E-state index in [0.29, 0.717) is 16.7 Å². The number of aryl methyl sites for hydroxylation is 1. The summed E-state index contributed by atoms with van der Waals surface area (Å²) in [6.45, 7) is 1.90. The van der Waals surface area contributed by atoms with Crippen LogP contribution >= 0.6 is 0 Å². The first-order chi connectivity index (χ1) is 9.16. The van der Waals surface area contributed by atoms with Gasteiger partial charge < -0.3 is 4.42 Å². The largest absolute Gasteiger partial charge is 0.427 e. The molecule has 0 unspecified atom stereocenters. The molecule has 0 saturated heterocycles. The second-order valence-corrected chi connectivity index (χ2v) is 4.35. The van der Waals surface area contributed by atoms with Gasteiger partial charge >= 0.3 is 5.76 Å². The zero-order valence-electron chi connectivity index (χ0n) is 10.3. The Morgan fingerprint density at radius 3 is 2.58 bits per heavy atom. The van der Waals surface area contributed by atoms with E-state index in [1.807, 2.05) is 19.1 Å². The van der Waals surface area contributed by atoms with Crippen LogP contribution in [0.2, 0.25) is 0 Å². The lowest BCUT2D eigenvalue weighted by Crippen LogP contribution is -2.23.